The highest BCUT2D eigenvalue weighted by molar-refractivity contribution is 6.31. The molecule has 3 aromatic rings. The second-order valence-electron chi connectivity index (χ2n) is 9.90. The van der Waals surface area contributed by atoms with E-state index >= 15 is 0 Å². The van der Waals surface area contributed by atoms with Gasteiger partial charge < -0.3 is 15.2 Å². The van der Waals surface area contributed by atoms with Gasteiger partial charge in [0.05, 0.1) is 12.2 Å². The predicted octanol–water partition coefficient (Wildman–Crippen LogP) is 7.62. The molecular weight excluding hydrogens is 470 g/mol. The average Bonchev–Trinajstić information content (AvgIpc) is 2.84. The molecule has 1 unspecified atom stereocenters. The summed E-state index contributed by atoms with van der Waals surface area (Å²) in [5, 5.41) is 13.9. The molecule has 4 nitrogen and oxygen atoms in total. The predicted molar refractivity (Wildman–Crippen MR) is 149 cm³/mol. The first kappa shape index (κ1) is 27.9. The normalized spacial score (nSPS) is 12.9. The number of rotatable bonds is 13. The number of benzene rings is 3. The number of hydrogen-bond donors (Lipinski definition) is 2. The third kappa shape index (κ3) is 7.67. The number of ether oxygens (including phenoxy) is 1. The Morgan fingerprint density at radius 2 is 1.83 bits per heavy atom. The molecule has 0 aliphatic heterocycles. The molecule has 0 aromatic heterocycles. The molecule has 0 fully saturated rings. The van der Waals surface area contributed by atoms with Crippen molar-refractivity contribution in [3.63, 3.8) is 0 Å². The zero-order valence-electron chi connectivity index (χ0n) is 21.9. The molecule has 3 aromatic carbocycles. The highest BCUT2D eigenvalue weighted by Crippen LogP contribution is 2.27. The van der Waals surface area contributed by atoms with Gasteiger partial charge in [0, 0.05) is 17.2 Å². The van der Waals surface area contributed by atoms with E-state index < -0.39 is 5.97 Å². The fraction of sp³-hybridized carbons (Fsp3) is 0.387. The third-order valence-electron chi connectivity index (χ3n) is 6.69. The quantitative estimate of drug-likeness (QED) is 0.233. The van der Waals surface area contributed by atoms with Gasteiger partial charge in [0.15, 0.2) is 0 Å². The number of aromatic carboxylic acids is 1. The summed E-state index contributed by atoms with van der Waals surface area (Å²) in [6.45, 7) is 10.4. The fourth-order valence-corrected chi connectivity index (χ4v) is 4.94. The lowest BCUT2D eigenvalue weighted by Crippen LogP contribution is -2.45. The Hall–Kier alpha value is -2.66. The Labute approximate surface area is 220 Å². The van der Waals surface area contributed by atoms with E-state index in [1.807, 2.05) is 38.1 Å². The highest BCUT2D eigenvalue weighted by atomic mass is 35.5. The Balaban J connectivity index is 1.53. The van der Waals surface area contributed by atoms with E-state index in [9.17, 15) is 9.90 Å². The summed E-state index contributed by atoms with van der Waals surface area (Å²) < 4.78 is 6.04. The van der Waals surface area contributed by atoms with Crippen molar-refractivity contribution >= 4 is 17.6 Å². The zero-order chi connectivity index (χ0) is 26.1. The Morgan fingerprint density at radius 3 is 2.53 bits per heavy atom. The molecule has 0 saturated carbocycles. The number of halogens is 1. The van der Waals surface area contributed by atoms with Crippen molar-refractivity contribution in [2.75, 3.05) is 13.2 Å². The maximum atomic E-state index is 11.3. The third-order valence-corrected chi connectivity index (χ3v) is 7.10. The molecule has 36 heavy (non-hydrogen) atoms. The molecule has 2 N–H and O–H groups in total. The van der Waals surface area contributed by atoms with Crippen LogP contribution < -0.4 is 5.32 Å². The van der Waals surface area contributed by atoms with Crippen LogP contribution in [0.1, 0.15) is 65.7 Å². The second-order valence-corrected chi connectivity index (χ2v) is 10.3. The van der Waals surface area contributed by atoms with Crippen LogP contribution in [0.5, 0.6) is 0 Å². The van der Waals surface area contributed by atoms with Crippen molar-refractivity contribution in [2.45, 2.75) is 65.5 Å². The molecule has 192 valence electrons. The molecule has 5 heteroatoms. The summed E-state index contributed by atoms with van der Waals surface area (Å²) in [7, 11) is 0. The zero-order valence-corrected chi connectivity index (χ0v) is 22.6. The van der Waals surface area contributed by atoms with Crippen LogP contribution in [0, 0.1) is 13.8 Å². The minimum atomic E-state index is -0.901. The van der Waals surface area contributed by atoms with Gasteiger partial charge in [-0.25, -0.2) is 4.79 Å². The van der Waals surface area contributed by atoms with Crippen molar-refractivity contribution in [2.24, 2.45) is 0 Å². The summed E-state index contributed by atoms with van der Waals surface area (Å²) in [4.78, 5) is 11.3. The molecule has 0 heterocycles. The lowest BCUT2D eigenvalue weighted by atomic mass is 9.88. The van der Waals surface area contributed by atoms with E-state index in [1.165, 1.54) is 5.56 Å². The minimum absolute atomic E-state index is 0.0138. The largest absolute Gasteiger partial charge is 0.478 e. The average molecular weight is 508 g/mol. The molecule has 0 saturated heterocycles. The van der Waals surface area contributed by atoms with Crippen LogP contribution in [0.15, 0.2) is 60.7 Å². The van der Waals surface area contributed by atoms with E-state index in [4.69, 9.17) is 16.3 Å². The number of carbonyl (C=O) groups is 1. The molecule has 1 atom stereocenters. The lowest BCUT2D eigenvalue weighted by Gasteiger charge is -2.31. The SMILES string of the molecule is CCCC(C)(Cc1ccc(C)c(Cl)c1)NCCCOCc1ccccc1-c1ccc(C(=O)O)c(C)c1. The van der Waals surface area contributed by atoms with Crippen LogP contribution in [0.2, 0.25) is 5.02 Å². The van der Waals surface area contributed by atoms with Gasteiger partial charge in [0.2, 0.25) is 0 Å². The standard InChI is InChI=1S/C31H38ClNO3/c1-5-15-31(4,20-24-12-11-22(2)29(32)19-24)33-16-8-17-36-21-26-9-6-7-10-28(26)25-13-14-27(30(34)35)23(3)18-25/h6-7,9-14,18-19,33H,5,8,15-17,20-21H2,1-4H3,(H,34,35). The van der Waals surface area contributed by atoms with Crippen molar-refractivity contribution in [1.29, 1.82) is 0 Å². The van der Waals surface area contributed by atoms with Gasteiger partial charge >= 0.3 is 5.97 Å². The summed E-state index contributed by atoms with van der Waals surface area (Å²) in [6.07, 6.45) is 4.06. The first-order valence-electron chi connectivity index (χ1n) is 12.7. The summed E-state index contributed by atoms with van der Waals surface area (Å²) in [5.41, 5.74) is 6.64. The Kier molecular flexibility index (Phi) is 10.1. The summed E-state index contributed by atoms with van der Waals surface area (Å²) >= 11 is 6.35. The van der Waals surface area contributed by atoms with E-state index in [0.717, 1.165) is 65.1 Å². The number of carboxylic acid groups (broad SMARTS) is 1. The summed E-state index contributed by atoms with van der Waals surface area (Å²) in [6, 6.07) is 20.0. The lowest BCUT2D eigenvalue weighted by molar-refractivity contribution is 0.0696. The van der Waals surface area contributed by atoms with E-state index in [0.29, 0.717) is 18.8 Å². The topological polar surface area (TPSA) is 58.6 Å². The van der Waals surface area contributed by atoms with Crippen LogP contribution in [0.4, 0.5) is 0 Å². The first-order chi connectivity index (χ1) is 17.2. The van der Waals surface area contributed by atoms with Crippen LogP contribution in [-0.4, -0.2) is 29.8 Å². The molecular formula is C31H38ClNO3. The van der Waals surface area contributed by atoms with Crippen molar-refractivity contribution in [1.82, 2.24) is 5.32 Å². The van der Waals surface area contributed by atoms with Crippen molar-refractivity contribution in [3.05, 3.63) is 93.5 Å². The number of nitrogens with one attached hydrogen (secondary N) is 1. The van der Waals surface area contributed by atoms with Crippen LogP contribution in [0.3, 0.4) is 0 Å². The second kappa shape index (κ2) is 13.0. The van der Waals surface area contributed by atoms with Gasteiger partial charge in [-0.05, 0) is 92.1 Å². The van der Waals surface area contributed by atoms with E-state index in [-0.39, 0.29) is 5.54 Å². The minimum Gasteiger partial charge on any atom is -0.478 e. The van der Waals surface area contributed by atoms with Gasteiger partial charge in [0.25, 0.3) is 0 Å². The van der Waals surface area contributed by atoms with Crippen LogP contribution >= 0.6 is 11.6 Å². The van der Waals surface area contributed by atoms with Gasteiger partial charge in [-0.1, -0.05) is 73.5 Å². The van der Waals surface area contributed by atoms with Gasteiger partial charge in [0.1, 0.15) is 0 Å². The maximum absolute atomic E-state index is 11.3. The molecule has 3 rings (SSSR count). The Morgan fingerprint density at radius 1 is 1.06 bits per heavy atom. The smallest absolute Gasteiger partial charge is 0.335 e. The van der Waals surface area contributed by atoms with Crippen LogP contribution in [-0.2, 0) is 17.8 Å². The van der Waals surface area contributed by atoms with Gasteiger partial charge in [-0.15, -0.1) is 0 Å². The maximum Gasteiger partial charge on any atom is 0.335 e. The van der Waals surface area contributed by atoms with Crippen molar-refractivity contribution < 1.29 is 14.6 Å². The summed E-state index contributed by atoms with van der Waals surface area (Å²) in [5.74, 6) is -0.901. The molecule has 0 aliphatic carbocycles. The van der Waals surface area contributed by atoms with Gasteiger partial charge in [-0.3, -0.25) is 0 Å². The molecule has 0 aliphatic rings. The molecule has 0 bridgehead atoms. The molecule has 0 radical (unpaired) electrons. The fourth-order valence-electron chi connectivity index (χ4n) is 4.73. The van der Waals surface area contributed by atoms with Crippen LogP contribution in [0.25, 0.3) is 11.1 Å². The monoisotopic (exact) mass is 507 g/mol. The van der Waals surface area contributed by atoms with E-state index in [2.05, 4.69) is 49.5 Å². The highest BCUT2D eigenvalue weighted by Gasteiger charge is 2.23. The van der Waals surface area contributed by atoms with E-state index in [1.54, 1.807) is 6.07 Å². The first-order valence-corrected chi connectivity index (χ1v) is 13.1. The number of aryl methyl sites for hydroxylation is 2. The molecule has 0 spiro atoms. The van der Waals surface area contributed by atoms with Crippen molar-refractivity contribution in [3.8, 4) is 11.1 Å². The number of carboxylic acids is 1. The Bertz CT molecular complexity index is 1180. The molecule has 0 amide bonds. The van der Waals surface area contributed by atoms with Gasteiger partial charge in [-0.2, -0.15) is 0 Å². The number of hydrogen-bond acceptors (Lipinski definition) is 3.